The molecule has 4 nitrogen and oxygen atoms in total. The van der Waals surface area contributed by atoms with Crippen molar-refractivity contribution in [3.8, 4) is 5.75 Å². The zero-order chi connectivity index (χ0) is 16.9. The van der Waals surface area contributed by atoms with Crippen molar-refractivity contribution in [3.05, 3.63) is 42.2 Å². The molecule has 5 heteroatoms. The van der Waals surface area contributed by atoms with Crippen molar-refractivity contribution in [3.63, 3.8) is 0 Å². The van der Waals surface area contributed by atoms with Crippen molar-refractivity contribution in [1.29, 1.82) is 0 Å². The smallest absolute Gasteiger partial charge is 0.336 e. The van der Waals surface area contributed by atoms with Crippen LogP contribution in [0.5, 0.6) is 5.75 Å². The summed E-state index contributed by atoms with van der Waals surface area (Å²) in [5.74, 6) is -1.76. The van der Waals surface area contributed by atoms with Crippen LogP contribution >= 0.6 is 0 Å². The summed E-state index contributed by atoms with van der Waals surface area (Å²) in [5, 5.41) is 0. The molecule has 0 bridgehead atoms. The molecule has 0 heterocycles. The fraction of sp³-hybridized carbons (Fsp3) is 0.444. The monoisotopic (exact) mass is 322 g/mol. The Labute approximate surface area is 136 Å². The van der Waals surface area contributed by atoms with E-state index in [4.69, 9.17) is 9.47 Å². The first-order chi connectivity index (χ1) is 11.1. The number of ether oxygens (including phenoxy) is 2. The molecule has 0 N–H and O–H groups in total. The van der Waals surface area contributed by atoms with Gasteiger partial charge in [-0.25, -0.2) is 14.0 Å². The van der Waals surface area contributed by atoms with Gasteiger partial charge in [-0.3, -0.25) is 0 Å². The Hall–Kier alpha value is -2.17. The Kier molecular flexibility index (Phi) is 9.36. The largest absolute Gasteiger partial charge is 0.463 e. The van der Waals surface area contributed by atoms with Crippen molar-refractivity contribution >= 4 is 11.9 Å². The minimum absolute atomic E-state index is 0.0834. The first-order valence-electron chi connectivity index (χ1n) is 7.94. The van der Waals surface area contributed by atoms with E-state index in [1.54, 1.807) is 0 Å². The van der Waals surface area contributed by atoms with E-state index in [9.17, 15) is 14.0 Å². The van der Waals surface area contributed by atoms with Crippen LogP contribution in [-0.4, -0.2) is 18.5 Å². The molecule has 126 valence electrons. The highest BCUT2D eigenvalue weighted by molar-refractivity contribution is 5.92. The van der Waals surface area contributed by atoms with Crippen LogP contribution in [0.25, 0.3) is 0 Å². The molecule has 1 aromatic carbocycles. The van der Waals surface area contributed by atoms with Crippen molar-refractivity contribution in [2.45, 2.75) is 45.4 Å². The van der Waals surface area contributed by atoms with Gasteiger partial charge in [-0.15, -0.1) is 0 Å². The van der Waals surface area contributed by atoms with Gasteiger partial charge >= 0.3 is 11.9 Å². The summed E-state index contributed by atoms with van der Waals surface area (Å²) >= 11 is 0. The second kappa shape index (κ2) is 11.4. The van der Waals surface area contributed by atoms with Gasteiger partial charge in [0.1, 0.15) is 11.6 Å². The normalized spacial score (nSPS) is 10.7. The molecule has 0 unspecified atom stereocenters. The third kappa shape index (κ3) is 9.45. The predicted octanol–water partition coefficient (Wildman–Crippen LogP) is 4.19. The molecule has 1 rings (SSSR count). The lowest BCUT2D eigenvalue weighted by atomic mass is 10.1. The van der Waals surface area contributed by atoms with Crippen molar-refractivity contribution < 1.29 is 23.5 Å². The zero-order valence-corrected chi connectivity index (χ0v) is 13.4. The van der Waals surface area contributed by atoms with Crippen molar-refractivity contribution in [1.82, 2.24) is 0 Å². The molecule has 0 aromatic heterocycles. The SMILES string of the molecule is CCCCCCCCOC(=O)/C=C/C(=O)Oc1cccc(F)c1. The number of hydrogen-bond donors (Lipinski definition) is 0. The molecule has 0 spiro atoms. The maximum atomic E-state index is 12.9. The second-order valence-electron chi connectivity index (χ2n) is 5.15. The quantitative estimate of drug-likeness (QED) is 0.280. The third-order valence-corrected chi connectivity index (χ3v) is 3.11. The fourth-order valence-corrected chi connectivity index (χ4v) is 1.92. The molecule has 0 aliphatic heterocycles. The summed E-state index contributed by atoms with van der Waals surface area (Å²) in [6.07, 6.45) is 8.60. The molecule has 1 aromatic rings. The number of esters is 2. The summed E-state index contributed by atoms with van der Waals surface area (Å²) in [5.41, 5.74) is 0. The number of rotatable bonds is 10. The molecule has 0 atom stereocenters. The van der Waals surface area contributed by atoms with Gasteiger partial charge in [-0.2, -0.15) is 0 Å². The molecular formula is C18H23FO4. The van der Waals surface area contributed by atoms with Gasteiger partial charge in [0, 0.05) is 18.2 Å². The molecule has 0 aliphatic carbocycles. The summed E-state index contributed by atoms with van der Waals surface area (Å²) in [6, 6.07) is 5.21. The lowest BCUT2D eigenvalue weighted by molar-refractivity contribution is -0.138. The maximum absolute atomic E-state index is 12.9. The number of carbonyl (C=O) groups is 2. The Morgan fingerprint density at radius 1 is 1.04 bits per heavy atom. The lowest BCUT2D eigenvalue weighted by Crippen LogP contribution is -2.07. The molecule has 0 aliphatic rings. The van der Waals surface area contributed by atoms with Gasteiger partial charge in [0.15, 0.2) is 0 Å². The van der Waals surface area contributed by atoms with Crippen LogP contribution in [0.15, 0.2) is 36.4 Å². The summed E-state index contributed by atoms with van der Waals surface area (Å²) in [4.78, 5) is 22.9. The van der Waals surface area contributed by atoms with Crippen LogP contribution in [0.2, 0.25) is 0 Å². The highest BCUT2D eigenvalue weighted by Crippen LogP contribution is 2.12. The van der Waals surface area contributed by atoms with Crippen LogP contribution in [0, 0.1) is 5.82 Å². The summed E-state index contributed by atoms with van der Waals surface area (Å²) in [6.45, 7) is 2.50. The van der Waals surface area contributed by atoms with Gasteiger partial charge in [0.25, 0.3) is 0 Å². The van der Waals surface area contributed by atoms with E-state index in [0.717, 1.165) is 37.5 Å². The first-order valence-corrected chi connectivity index (χ1v) is 7.94. The van der Waals surface area contributed by atoms with Crippen molar-refractivity contribution in [2.24, 2.45) is 0 Å². The fourth-order valence-electron chi connectivity index (χ4n) is 1.92. The number of unbranched alkanes of at least 4 members (excludes halogenated alkanes) is 5. The maximum Gasteiger partial charge on any atom is 0.336 e. The summed E-state index contributed by atoms with van der Waals surface area (Å²) in [7, 11) is 0. The van der Waals surface area contributed by atoms with E-state index < -0.39 is 17.8 Å². The number of carbonyl (C=O) groups excluding carboxylic acids is 2. The standard InChI is InChI=1S/C18H23FO4/c1-2-3-4-5-6-7-13-22-17(20)11-12-18(21)23-16-10-8-9-15(19)14-16/h8-12,14H,2-7,13H2,1H3/b12-11+. The minimum atomic E-state index is -0.757. The summed E-state index contributed by atoms with van der Waals surface area (Å²) < 4.78 is 22.7. The third-order valence-electron chi connectivity index (χ3n) is 3.11. The van der Waals surface area contributed by atoms with Gasteiger partial charge in [-0.05, 0) is 18.6 Å². The molecule has 0 radical (unpaired) electrons. The van der Waals surface area contributed by atoms with Crippen LogP contribution in [0.4, 0.5) is 4.39 Å². The number of halogens is 1. The van der Waals surface area contributed by atoms with Gasteiger partial charge < -0.3 is 9.47 Å². The van der Waals surface area contributed by atoms with Gasteiger partial charge in [-0.1, -0.05) is 45.1 Å². The Morgan fingerprint density at radius 3 is 2.48 bits per heavy atom. The van der Waals surface area contributed by atoms with Gasteiger partial charge in [0.2, 0.25) is 0 Å². The van der Waals surface area contributed by atoms with Gasteiger partial charge in [0.05, 0.1) is 6.61 Å². The molecule has 23 heavy (non-hydrogen) atoms. The predicted molar refractivity (Wildman–Crippen MR) is 85.5 cm³/mol. The Morgan fingerprint density at radius 2 is 1.74 bits per heavy atom. The highest BCUT2D eigenvalue weighted by atomic mass is 19.1. The van der Waals surface area contributed by atoms with E-state index in [-0.39, 0.29) is 5.75 Å². The van der Waals surface area contributed by atoms with E-state index in [2.05, 4.69) is 6.92 Å². The van der Waals surface area contributed by atoms with Crippen LogP contribution in [0.3, 0.4) is 0 Å². The second-order valence-corrected chi connectivity index (χ2v) is 5.15. The van der Waals surface area contributed by atoms with Crippen LogP contribution in [-0.2, 0) is 14.3 Å². The van der Waals surface area contributed by atoms with E-state index >= 15 is 0 Å². The average Bonchev–Trinajstić information content (AvgIpc) is 2.52. The van der Waals surface area contributed by atoms with Crippen LogP contribution < -0.4 is 4.74 Å². The van der Waals surface area contributed by atoms with E-state index in [1.165, 1.54) is 37.5 Å². The Bertz CT molecular complexity index is 526. The molecule has 0 saturated carbocycles. The first kappa shape index (κ1) is 18.9. The number of hydrogen-bond acceptors (Lipinski definition) is 4. The average molecular weight is 322 g/mol. The van der Waals surface area contributed by atoms with E-state index in [1.807, 2.05) is 0 Å². The zero-order valence-electron chi connectivity index (χ0n) is 13.4. The molecule has 0 saturated heterocycles. The molecule has 0 fully saturated rings. The number of benzene rings is 1. The van der Waals surface area contributed by atoms with Crippen LogP contribution in [0.1, 0.15) is 45.4 Å². The lowest BCUT2D eigenvalue weighted by Gasteiger charge is -2.02. The topological polar surface area (TPSA) is 52.6 Å². The highest BCUT2D eigenvalue weighted by Gasteiger charge is 2.03. The molecule has 0 amide bonds. The van der Waals surface area contributed by atoms with E-state index in [0.29, 0.717) is 6.61 Å². The minimum Gasteiger partial charge on any atom is -0.463 e. The molecular weight excluding hydrogens is 299 g/mol. The Balaban J connectivity index is 2.17. The van der Waals surface area contributed by atoms with Crippen molar-refractivity contribution in [2.75, 3.05) is 6.61 Å².